The Morgan fingerprint density at radius 1 is 1.38 bits per heavy atom. The minimum absolute atomic E-state index is 0.0482. The van der Waals surface area contributed by atoms with E-state index in [9.17, 15) is 4.79 Å². The van der Waals surface area contributed by atoms with Crippen molar-refractivity contribution in [1.82, 2.24) is 0 Å². The third-order valence-corrected chi connectivity index (χ3v) is 3.53. The van der Waals surface area contributed by atoms with E-state index < -0.39 is 0 Å². The van der Waals surface area contributed by atoms with Gasteiger partial charge < -0.3 is 16.0 Å². The van der Waals surface area contributed by atoms with Crippen LogP contribution in [0.2, 0.25) is 0 Å². The second-order valence-electron chi connectivity index (χ2n) is 6.83. The summed E-state index contributed by atoms with van der Waals surface area (Å²) < 4.78 is 0.933. The number of amides is 1. The fourth-order valence-electron chi connectivity index (χ4n) is 2.30. The van der Waals surface area contributed by atoms with Gasteiger partial charge in [0.1, 0.15) is 0 Å². The predicted molar refractivity (Wildman–Crippen MR) is 93.8 cm³/mol. The molecule has 0 aliphatic rings. The molecule has 21 heavy (non-hydrogen) atoms. The van der Waals surface area contributed by atoms with Gasteiger partial charge in [-0.3, -0.25) is 4.79 Å². The van der Waals surface area contributed by atoms with Crippen molar-refractivity contribution in [3.63, 3.8) is 0 Å². The highest BCUT2D eigenvalue weighted by Crippen LogP contribution is 2.28. The highest BCUT2D eigenvalue weighted by molar-refractivity contribution is 9.10. The van der Waals surface area contributed by atoms with Crippen molar-refractivity contribution >= 4 is 33.2 Å². The Balaban J connectivity index is 2.73. The van der Waals surface area contributed by atoms with Crippen LogP contribution in [0.5, 0.6) is 0 Å². The molecule has 1 aromatic rings. The average Bonchev–Trinajstić information content (AvgIpc) is 2.24. The number of rotatable bonds is 5. The predicted octanol–water partition coefficient (Wildman–Crippen LogP) is 3.61. The first-order chi connectivity index (χ1) is 9.58. The summed E-state index contributed by atoms with van der Waals surface area (Å²) in [6.45, 7) is 6.38. The minimum Gasteiger partial charge on any atom is -0.376 e. The van der Waals surface area contributed by atoms with Crippen molar-refractivity contribution in [2.24, 2.45) is 11.1 Å². The Morgan fingerprint density at radius 2 is 2.00 bits per heavy atom. The normalized spacial score (nSPS) is 12.9. The topological polar surface area (TPSA) is 58.4 Å². The van der Waals surface area contributed by atoms with E-state index >= 15 is 0 Å². The van der Waals surface area contributed by atoms with Crippen LogP contribution < -0.4 is 16.0 Å². The lowest BCUT2D eigenvalue weighted by Crippen LogP contribution is -2.31. The number of hydrogen-bond acceptors (Lipinski definition) is 3. The number of halogens is 1. The zero-order chi connectivity index (χ0) is 16.2. The molecule has 0 aliphatic carbocycles. The molecule has 0 bridgehead atoms. The van der Waals surface area contributed by atoms with Gasteiger partial charge in [-0.25, -0.2) is 0 Å². The lowest BCUT2D eigenvalue weighted by molar-refractivity contribution is -0.116. The van der Waals surface area contributed by atoms with Crippen molar-refractivity contribution < 1.29 is 4.79 Å². The van der Waals surface area contributed by atoms with Gasteiger partial charge in [-0.2, -0.15) is 0 Å². The Hall–Kier alpha value is -1.07. The molecule has 0 spiro atoms. The van der Waals surface area contributed by atoms with Gasteiger partial charge in [0.15, 0.2) is 0 Å². The number of nitrogens with two attached hydrogens (primary N) is 1. The summed E-state index contributed by atoms with van der Waals surface area (Å²) in [4.78, 5) is 14.1. The number of nitrogens with zero attached hydrogens (tertiary/aromatic N) is 1. The van der Waals surface area contributed by atoms with Crippen LogP contribution in [0.1, 0.15) is 33.6 Å². The van der Waals surface area contributed by atoms with E-state index in [0.717, 1.165) is 22.3 Å². The van der Waals surface area contributed by atoms with E-state index in [1.165, 1.54) is 0 Å². The number of anilines is 2. The van der Waals surface area contributed by atoms with E-state index in [0.29, 0.717) is 6.42 Å². The minimum atomic E-state index is -0.125. The second kappa shape index (κ2) is 7.27. The quantitative estimate of drug-likeness (QED) is 0.847. The molecule has 0 fully saturated rings. The standard InChI is InChI=1S/C16H26BrN3O/c1-16(2,3)10-12(18)9-15(21)19-13-8-11(17)6-7-14(13)20(4)5/h6-8,12H,9-10,18H2,1-5H3,(H,19,21). The van der Waals surface area contributed by atoms with Crippen molar-refractivity contribution in [2.75, 3.05) is 24.3 Å². The molecule has 0 saturated carbocycles. The molecule has 1 rings (SSSR count). The van der Waals surface area contributed by atoms with Gasteiger partial charge in [0.2, 0.25) is 5.91 Å². The zero-order valence-electron chi connectivity index (χ0n) is 13.5. The van der Waals surface area contributed by atoms with Gasteiger partial charge in [-0.1, -0.05) is 36.7 Å². The van der Waals surface area contributed by atoms with Crippen LogP contribution in [0, 0.1) is 5.41 Å². The van der Waals surface area contributed by atoms with Crippen molar-refractivity contribution in [2.45, 2.75) is 39.7 Å². The van der Waals surface area contributed by atoms with Gasteiger partial charge in [0.25, 0.3) is 0 Å². The van der Waals surface area contributed by atoms with Gasteiger partial charge in [0.05, 0.1) is 11.4 Å². The SMILES string of the molecule is CN(C)c1ccc(Br)cc1NC(=O)CC(N)CC(C)(C)C. The molecule has 1 aromatic carbocycles. The largest absolute Gasteiger partial charge is 0.376 e. The summed E-state index contributed by atoms with van der Waals surface area (Å²) in [5.41, 5.74) is 7.95. The summed E-state index contributed by atoms with van der Waals surface area (Å²) in [5, 5.41) is 2.96. The highest BCUT2D eigenvalue weighted by atomic mass is 79.9. The Labute approximate surface area is 136 Å². The summed E-state index contributed by atoms with van der Waals surface area (Å²) >= 11 is 3.43. The first-order valence-electron chi connectivity index (χ1n) is 7.11. The molecule has 1 atom stereocenters. The maximum absolute atomic E-state index is 12.2. The van der Waals surface area contributed by atoms with E-state index in [1.54, 1.807) is 0 Å². The van der Waals surface area contributed by atoms with Crippen molar-refractivity contribution in [3.8, 4) is 0 Å². The Kier molecular flexibility index (Phi) is 6.23. The maximum atomic E-state index is 12.2. The van der Waals surface area contributed by atoms with Crippen LogP contribution in [0.4, 0.5) is 11.4 Å². The fraction of sp³-hybridized carbons (Fsp3) is 0.562. The van der Waals surface area contributed by atoms with E-state index in [-0.39, 0.29) is 17.4 Å². The first-order valence-corrected chi connectivity index (χ1v) is 7.90. The Morgan fingerprint density at radius 3 is 2.52 bits per heavy atom. The summed E-state index contributed by atoms with van der Waals surface area (Å²) in [6.07, 6.45) is 1.15. The Bertz CT molecular complexity index is 495. The third-order valence-electron chi connectivity index (χ3n) is 3.04. The molecular formula is C16H26BrN3O. The van der Waals surface area contributed by atoms with Gasteiger partial charge in [-0.15, -0.1) is 0 Å². The molecule has 0 radical (unpaired) electrons. The highest BCUT2D eigenvalue weighted by Gasteiger charge is 2.19. The number of carbonyl (C=O) groups excluding carboxylic acids is 1. The maximum Gasteiger partial charge on any atom is 0.225 e. The average molecular weight is 356 g/mol. The van der Waals surface area contributed by atoms with Crippen LogP contribution in [0.25, 0.3) is 0 Å². The second-order valence-corrected chi connectivity index (χ2v) is 7.75. The van der Waals surface area contributed by atoms with Crippen molar-refractivity contribution in [1.29, 1.82) is 0 Å². The summed E-state index contributed by atoms with van der Waals surface area (Å²) in [5.74, 6) is -0.0482. The van der Waals surface area contributed by atoms with Crippen LogP contribution >= 0.6 is 15.9 Å². The molecule has 1 amide bonds. The van der Waals surface area contributed by atoms with Crippen LogP contribution in [0.15, 0.2) is 22.7 Å². The molecule has 0 aliphatic heterocycles. The number of nitrogens with one attached hydrogen (secondary N) is 1. The molecule has 0 saturated heterocycles. The molecule has 3 N–H and O–H groups in total. The number of hydrogen-bond donors (Lipinski definition) is 2. The van der Waals surface area contributed by atoms with E-state index in [4.69, 9.17) is 5.73 Å². The third kappa shape index (κ3) is 6.48. The molecule has 5 heteroatoms. The van der Waals surface area contributed by atoms with Gasteiger partial charge >= 0.3 is 0 Å². The van der Waals surface area contributed by atoms with Crippen LogP contribution in [-0.4, -0.2) is 26.0 Å². The monoisotopic (exact) mass is 355 g/mol. The number of carbonyl (C=O) groups is 1. The lowest BCUT2D eigenvalue weighted by Gasteiger charge is -2.23. The molecule has 1 unspecified atom stereocenters. The lowest BCUT2D eigenvalue weighted by atomic mass is 9.87. The van der Waals surface area contributed by atoms with Gasteiger partial charge in [0, 0.05) is 31.0 Å². The first kappa shape index (κ1) is 18.0. The molecule has 0 heterocycles. The van der Waals surface area contributed by atoms with Crippen LogP contribution in [-0.2, 0) is 4.79 Å². The van der Waals surface area contributed by atoms with Gasteiger partial charge in [-0.05, 0) is 30.0 Å². The fourth-order valence-corrected chi connectivity index (χ4v) is 2.66. The molecule has 4 nitrogen and oxygen atoms in total. The molecular weight excluding hydrogens is 330 g/mol. The van der Waals surface area contributed by atoms with Crippen LogP contribution in [0.3, 0.4) is 0 Å². The van der Waals surface area contributed by atoms with Crippen molar-refractivity contribution in [3.05, 3.63) is 22.7 Å². The van der Waals surface area contributed by atoms with E-state index in [2.05, 4.69) is 42.0 Å². The zero-order valence-corrected chi connectivity index (χ0v) is 15.1. The smallest absolute Gasteiger partial charge is 0.225 e. The summed E-state index contributed by atoms with van der Waals surface area (Å²) in [7, 11) is 3.90. The van der Waals surface area contributed by atoms with E-state index in [1.807, 2.05) is 37.2 Å². The molecule has 0 aromatic heterocycles. The summed E-state index contributed by atoms with van der Waals surface area (Å²) in [6, 6.07) is 5.70. The number of benzene rings is 1. The molecule has 118 valence electrons.